The molecule has 3 atom stereocenters. The van der Waals surface area contributed by atoms with Crippen LogP contribution in [0.25, 0.3) is 0 Å². The summed E-state index contributed by atoms with van der Waals surface area (Å²) in [6.45, 7) is 26.7. The summed E-state index contributed by atoms with van der Waals surface area (Å²) in [6, 6.07) is 0. The topological polar surface area (TPSA) is 91.1 Å². The van der Waals surface area contributed by atoms with Crippen LogP contribution in [0.5, 0.6) is 0 Å². The van der Waals surface area contributed by atoms with E-state index < -0.39 is 5.60 Å². The van der Waals surface area contributed by atoms with Gasteiger partial charge in [0.15, 0.2) is 0 Å². The van der Waals surface area contributed by atoms with E-state index in [-0.39, 0.29) is 30.1 Å². The van der Waals surface area contributed by atoms with Crippen LogP contribution in [0.3, 0.4) is 0 Å². The zero-order chi connectivity index (χ0) is 29.7. The molecule has 0 aliphatic rings. The molecule has 2 N–H and O–H groups in total. The average molecular weight is 559 g/mol. The van der Waals surface area contributed by atoms with E-state index in [1.54, 1.807) is 6.20 Å². The highest BCUT2D eigenvalue weighted by atomic mass is 32.2. The van der Waals surface area contributed by atoms with Gasteiger partial charge >= 0.3 is 11.9 Å². The maximum Gasteiger partial charge on any atom is 0.307 e. The number of carbonyl (C=O) groups excluding carboxylic acids is 2. The number of hydrogen-bond donors (Lipinski definition) is 1. The Balaban J connectivity index is 5.14. The summed E-state index contributed by atoms with van der Waals surface area (Å²) >= 11 is 1.96. The molecular weight excluding hydrogens is 500 g/mol. The zero-order valence-corrected chi connectivity index (χ0v) is 27.2. The lowest BCUT2D eigenvalue weighted by atomic mass is 9.84. The fourth-order valence-corrected chi connectivity index (χ4v) is 5.62. The minimum atomic E-state index is -0.709. The quantitative estimate of drug-likeness (QED) is 0.203. The molecule has 8 heteroatoms. The molecule has 3 unspecified atom stereocenters. The number of rotatable bonds is 18. The van der Waals surface area contributed by atoms with Gasteiger partial charge in [-0.3, -0.25) is 9.59 Å². The lowest BCUT2D eigenvalue weighted by molar-refractivity contribution is -0.167. The standard InChI is InChI=1S/C30H58N2O5S/c1-21(2)28(25(7)24(6)23(5)19-31)38-18-17-32(15-13-26(33)36-22(3)4)16-14-27(34)37-30(11,12)20-35-29(8,9)10/h19,21-22,24-25,28H,13-18,20,31H2,1-12H3/b23-19+. The van der Waals surface area contributed by atoms with Crippen LogP contribution in [0.2, 0.25) is 0 Å². The maximum absolute atomic E-state index is 12.7. The van der Waals surface area contributed by atoms with Crippen molar-refractivity contribution in [1.29, 1.82) is 0 Å². The number of ether oxygens (including phenoxy) is 3. The molecule has 0 aromatic heterocycles. The Labute approximate surface area is 238 Å². The summed E-state index contributed by atoms with van der Waals surface area (Å²) in [5, 5.41) is 0.473. The predicted octanol–water partition coefficient (Wildman–Crippen LogP) is 6.05. The van der Waals surface area contributed by atoms with E-state index in [1.807, 2.05) is 60.2 Å². The molecule has 0 heterocycles. The lowest BCUT2D eigenvalue weighted by Crippen LogP contribution is -2.38. The van der Waals surface area contributed by atoms with Crippen LogP contribution in [0.4, 0.5) is 0 Å². The maximum atomic E-state index is 12.7. The molecular formula is C30H58N2O5S. The Morgan fingerprint density at radius 3 is 1.95 bits per heavy atom. The third-order valence-electron chi connectivity index (χ3n) is 6.54. The molecule has 0 rings (SSSR count). The molecule has 0 fully saturated rings. The van der Waals surface area contributed by atoms with Crippen molar-refractivity contribution in [1.82, 2.24) is 4.90 Å². The average Bonchev–Trinajstić information content (AvgIpc) is 2.78. The SMILES string of the molecule is C/C(=C\N)C(C)C(C)C(SCCN(CCC(=O)OC(C)C)CCC(=O)OC(C)(C)COC(C)(C)C)C(C)C. The first-order valence-electron chi connectivity index (χ1n) is 14.2. The highest BCUT2D eigenvalue weighted by molar-refractivity contribution is 7.99. The monoisotopic (exact) mass is 558 g/mol. The van der Waals surface area contributed by atoms with Crippen molar-refractivity contribution in [3.8, 4) is 0 Å². The van der Waals surface area contributed by atoms with Gasteiger partial charge in [-0.1, -0.05) is 33.3 Å². The summed E-state index contributed by atoms with van der Waals surface area (Å²) in [5.74, 6) is 1.83. The van der Waals surface area contributed by atoms with Crippen molar-refractivity contribution < 1.29 is 23.8 Å². The molecule has 7 nitrogen and oxygen atoms in total. The molecule has 0 radical (unpaired) electrons. The summed E-state index contributed by atoms with van der Waals surface area (Å²) in [4.78, 5) is 27.0. The van der Waals surface area contributed by atoms with Gasteiger partial charge in [0.05, 0.1) is 31.2 Å². The normalized spacial score (nSPS) is 15.6. The van der Waals surface area contributed by atoms with Crippen LogP contribution in [-0.4, -0.2) is 71.4 Å². The second-order valence-electron chi connectivity index (χ2n) is 12.7. The summed E-state index contributed by atoms with van der Waals surface area (Å²) in [6.07, 6.45) is 2.13. The Bertz CT molecular complexity index is 731. The van der Waals surface area contributed by atoms with E-state index in [2.05, 4.69) is 39.5 Å². The predicted molar refractivity (Wildman–Crippen MR) is 160 cm³/mol. The molecule has 0 amide bonds. The van der Waals surface area contributed by atoms with Crippen molar-refractivity contribution >= 4 is 23.7 Å². The van der Waals surface area contributed by atoms with Crippen LogP contribution < -0.4 is 5.73 Å². The summed E-state index contributed by atoms with van der Waals surface area (Å²) < 4.78 is 16.9. The molecule has 0 bridgehead atoms. The summed E-state index contributed by atoms with van der Waals surface area (Å²) in [5.41, 5.74) is 5.99. The number of carbonyl (C=O) groups is 2. The fraction of sp³-hybridized carbons (Fsp3) is 0.867. The van der Waals surface area contributed by atoms with Crippen LogP contribution in [0, 0.1) is 17.8 Å². The second kappa shape index (κ2) is 17.4. The van der Waals surface area contributed by atoms with Gasteiger partial charge < -0.3 is 24.8 Å². The van der Waals surface area contributed by atoms with Crippen molar-refractivity contribution in [2.24, 2.45) is 23.5 Å². The Morgan fingerprint density at radius 1 is 0.921 bits per heavy atom. The van der Waals surface area contributed by atoms with Gasteiger partial charge in [-0.05, 0) is 79.3 Å². The largest absolute Gasteiger partial charge is 0.463 e. The van der Waals surface area contributed by atoms with Gasteiger partial charge in [0.1, 0.15) is 5.60 Å². The Kier molecular flexibility index (Phi) is 16.9. The van der Waals surface area contributed by atoms with E-state index in [4.69, 9.17) is 19.9 Å². The smallest absolute Gasteiger partial charge is 0.307 e. The van der Waals surface area contributed by atoms with Gasteiger partial charge in [0, 0.05) is 30.6 Å². The van der Waals surface area contributed by atoms with E-state index >= 15 is 0 Å². The number of thioether (sulfide) groups is 1. The van der Waals surface area contributed by atoms with E-state index in [9.17, 15) is 9.59 Å². The van der Waals surface area contributed by atoms with Crippen molar-refractivity contribution in [2.45, 2.75) is 118 Å². The first kappa shape index (κ1) is 36.8. The molecule has 0 aromatic rings. The molecule has 224 valence electrons. The Hall–Kier alpha value is -1.25. The number of nitrogens with two attached hydrogens (primary N) is 1. The first-order valence-corrected chi connectivity index (χ1v) is 15.2. The van der Waals surface area contributed by atoms with Gasteiger partial charge in [-0.25, -0.2) is 0 Å². The molecule has 0 saturated carbocycles. The van der Waals surface area contributed by atoms with E-state index in [0.717, 1.165) is 12.3 Å². The molecule has 0 aromatic carbocycles. The number of nitrogens with zero attached hydrogens (tertiary/aromatic N) is 1. The van der Waals surface area contributed by atoms with E-state index in [0.29, 0.717) is 49.1 Å². The second-order valence-corrected chi connectivity index (χ2v) is 13.9. The van der Waals surface area contributed by atoms with Gasteiger partial charge in [0.2, 0.25) is 0 Å². The zero-order valence-electron chi connectivity index (χ0n) is 26.4. The number of allylic oxidation sites excluding steroid dienone is 1. The van der Waals surface area contributed by atoms with Gasteiger partial charge in [-0.15, -0.1) is 0 Å². The molecule has 0 aliphatic heterocycles. The lowest BCUT2D eigenvalue weighted by Gasteiger charge is -2.33. The van der Waals surface area contributed by atoms with Crippen molar-refractivity contribution in [3.63, 3.8) is 0 Å². The summed E-state index contributed by atoms with van der Waals surface area (Å²) in [7, 11) is 0. The van der Waals surface area contributed by atoms with Crippen LogP contribution >= 0.6 is 11.8 Å². The minimum Gasteiger partial charge on any atom is -0.463 e. The first-order chi connectivity index (χ1) is 17.4. The van der Waals surface area contributed by atoms with Crippen LogP contribution in [-0.2, 0) is 23.8 Å². The fourth-order valence-electron chi connectivity index (χ4n) is 4.06. The highest BCUT2D eigenvalue weighted by Crippen LogP contribution is 2.34. The van der Waals surface area contributed by atoms with Gasteiger partial charge in [-0.2, -0.15) is 11.8 Å². The van der Waals surface area contributed by atoms with E-state index in [1.165, 1.54) is 5.57 Å². The van der Waals surface area contributed by atoms with Gasteiger partial charge in [0.25, 0.3) is 0 Å². The molecule has 0 aliphatic carbocycles. The molecule has 38 heavy (non-hydrogen) atoms. The Morgan fingerprint density at radius 2 is 1.47 bits per heavy atom. The third-order valence-corrected chi connectivity index (χ3v) is 8.31. The van der Waals surface area contributed by atoms with Crippen LogP contribution in [0.15, 0.2) is 11.8 Å². The minimum absolute atomic E-state index is 0.139. The van der Waals surface area contributed by atoms with Crippen molar-refractivity contribution in [3.05, 3.63) is 11.8 Å². The molecule has 0 saturated heterocycles. The highest BCUT2D eigenvalue weighted by Gasteiger charge is 2.28. The number of esters is 2. The third kappa shape index (κ3) is 16.7. The van der Waals surface area contributed by atoms with Crippen molar-refractivity contribution in [2.75, 3.05) is 32.0 Å². The van der Waals surface area contributed by atoms with Crippen LogP contribution in [0.1, 0.15) is 95.9 Å². The molecule has 0 spiro atoms. The number of hydrogen-bond acceptors (Lipinski definition) is 8.